The van der Waals surface area contributed by atoms with E-state index in [9.17, 15) is 24.4 Å². The van der Waals surface area contributed by atoms with Gasteiger partial charge in [-0.1, -0.05) is 20.8 Å². The fraction of sp³-hybridized carbons (Fsp3) is 0.708. The SMILES string of the molecule is CCOc1nc(N)nc2c1ncn2[C@@H]1O[C@H](COP(=O)(N[C@H](C)C(=O)O)N[C@H](C)C(=O)OCC(C)(C)C)[C@@H](O)[C@@]1(C)F. The van der Waals surface area contributed by atoms with Gasteiger partial charge in [0, 0.05) is 0 Å². The lowest BCUT2D eigenvalue weighted by Gasteiger charge is -2.27. The molecule has 1 aliphatic heterocycles. The third-order valence-corrected chi connectivity index (χ3v) is 8.14. The normalized spacial score (nSPS) is 25.6. The molecule has 0 aromatic carbocycles. The predicted molar refractivity (Wildman–Crippen MR) is 147 cm³/mol. The molecule has 0 bridgehead atoms. The standard InChI is InChI=1S/C24H39FN7O9P/c1-8-38-18-15-17(28-22(26)29-18)32(11-27-15)21-24(7,25)16(33)14(41-21)9-40-42(37,30-12(2)19(34)35)31-13(3)20(36)39-10-23(4,5)6/h11-14,16,21,33H,8-10H2,1-7H3,(H,34,35)(H2,26,28,29)(H2,30,31,37)/t12-,13-,14-,16-,21-,24-,42?/m1/s1. The summed E-state index contributed by atoms with van der Waals surface area (Å²) in [5, 5.41) is 25.0. The summed E-state index contributed by atoms with van der Waals surface area (Å²) >= 11 is 0. The van der Waals surface area contributed by atoms with Crippen LogP contribution in [0.5, 0.6) is 5.88 Å². The van der Waals surface area contributed by atoms with Gasteiger partial charge in [0.15, 0.2) is 23.1 Å². The van der Waals surface area contributed by atoms with Gasteiger partial charge in [-0.2, -0.15) is 9.97 Å². The van der Waals surface area contributed by atoms with Crippen LogP contribution in [-0.2, 0) is 28.2 Å². The van der Waals surface area contributed by atoms with Gasteiger partial charge >= 0.3 is 19.6 Å². The number of imidazole rings is 1. The average Bonchev–Trinajstić information content (AvgIpc) is 3.38. The average molecular weight is 620 g/mol. The number of fused-ring (bicyclic) bond motifs is 1. The maximum Gasteiger partial charge on any atom is 0.342 e. The maximum absolute atomic E-state index is 16.0. The van der Waals surface area contributed by atoms with Crippen molar-refractivity contribution in [3.05, 3.63) is 6.33 Å². The highest BCUT2D eigenvalue weighted by atomic mass is 31.2. The Morgan fingerprint density at radius 1 is 1.29 bits per heavy atom. The summed E-state index contributed by atoms with van der Waals surface area (Å²) in [4.78, 5) is 36.3. The van der Waals surface area contributed by atoms with E-state index in [-0.39, 0.29) is 41.6 Å². The minimum absolute atomic E-state index is 0.0755. The monoisotopic (exact) mass is 619 g/mol. The number of alkyl halides is 1. The van der Waals surface area contributed by atoms with E-state index in [1.807, 2.05) is 20.8 Å². The Bertz CT molecular complexity index is 1340. The predicted octanol–water partition coefficient (Wildman–Crippen LogP) is 1.55. The summed E-state index contributed by atoms with van der Waals surface area (Å²) in [6.07, 6.45) is -3.45. The number of esters is 1. The molecule has 0 saturated carbocycles. The number of aliphatic hydroxyl groups excluding tert-OH is 1. The van der Waals surface area contributed by atoms with Crippen LogP contribution < -0.4 is 20.6 Å². The number of nitrogen functional groups attached to an aromatic ring is 1. The third kappa shape index (κ3) is 7.71. The smallest absolute Gasteiger partial charge is 0.342 e. The number of halogens is 1. The first kappa shape index (κ1) is 33.6. The number of nitrogens with zero attached hydrogens (tertiary/aromatic N) is 4. The molecule has 2 aromatic heterocycles. The number of nitrogens with one attached hydrogen (secondary N) is 2. The van der Waals surface area contributed by atoms with Gasteiger partial charge in [-0.05, 0) is 33.1 Å². The Kier molecular flexibility index (Phi) is 10.2. The molecule has 6 N–H and O–H groups in total. The first-order valence-corrected chi connectivity index (χ1v) is 14.9. The zero-order valence-corrected chi connectivity index (χ0v) is 25.4. The quantitative estimate of drug-likeness (QED) is 0.158. The number of rotatable bonds is 13. The Hall–Kier alpha value is -2.95. The van der Waals surface area contributed by atoms with E-state index in [2.05, 4.69) is 25.1 Å². The molecule has 0 amide bonds. The van der Waals surface area contributed by atoms with Crippen molar-refractivity contribution < 1.29 is 47.5 Å². The summed E-state index contributed by atoms with van der Waals surface area (Å²) in [7, 11) is -4.33. The van der Waals surface area contributed by atoms with Crippen LogP contribution in [0.15, 0.2) is 6.33 Å². The van der Waals surface area contributed by atoms with Crippen molar-refractivity contribution in [2.24, 2.45) is 5.41 Å². The van der Waals surface area contributed by atoms with Crippen molar-refractivity contribution in [3.63, 3.8) is 0 Å². The van der Waals surface area contributed by atoms with Crippen molar-refractivity contribution in [2.45, 2.75) is 84.7 Å². The summed E-state index contributed by atoms with van der Waals surface area (Å²) in [6, 6.07) is -2.57. The van der Waals surface area contributed by atoms with Crippen LogP contribution in [0.2, 0.25) is 0 Å². The zero-order valence-electron chi connectivity index (χ0n) is 24.5. The minimum Gasteiger partial charge on any atom is -0.480 e. The number of aromatic nitrogens is 4. The maximum atomic E-state index is 16.0. The summed E-state index contributed by atoms with van der Waals surface area (Å²) in [5.74, 6) is -2.19. The second-order valence-electron chi connectivity index (χ2n) is 11.3. The van der Waals surface area contributed by atoms with Crippen LogP contribution in [0.4, 0.5) is 10.3 Å². The zero-order chi connectivity index (χ0) is 31.6. The second kappa shape index (κ2) is 12.7. The van der Waals surface area contributed by atoms with Crippen molar-refractivity contribution in [1.82, 2.24) is 29.7 Å². The van der Waals surface area contributed by atoms with Gasteiger partial charge in [-0.15, -0.1) is 0 Å². The van der Waals surface area contributed by atoms with Gasteiger partial charge in [0.25, 0.3) is 0 Å². The van der Waals surface area contributed by atoms with Crippen LogP contribution in [0.1, 0.15) is 54.7 Å². The lowest BCUT2D eigenvalue weighted by atomic mass is 9.98. The Balaban J connectivity index is 1.82. The molecular weight excluding hydrogens is 580 g/mol. The highest BCUT2D eigenvalue weighted by molar-refractivity contribution is 7.54. The fourth-order valence-corrected chi connectivity index (χ4v) is 5.80. The molecule has 18 heteroatoms. The molecule has 16 nitrogen and oxygen atoms in total. The van der Waals surface area contributed by atoms with E-state index in [1.54, 1.807) is 6.92 Å². The number of carbonyl (C=O) groups is 2. The Morgan fingerprint density at radius 2 is 1.93 bits per heavy atom. The summed E-state index contributed by atoms with van der Waals surface area (Å²) in [5.41, 5.74) is 3.30. The van der Waals surface area contributed by atoms with Crippen LogP contribution in [0.3, 0.4) is 0 Å². The van der Waals surface area contributed by atoms with Gasteiger partial charge in [0.05, 0.1) is 26.1 Å². The molecule has 0 spiro atoms. The minimum atomic E-state index is -4.33. The molecule has 7 atom stereocenters. The first-order valence-electron chi connectivity index (χ1n) is 13.2. The number of hydrogen-bond acceptors (Lipinski definition) is 12. The molecule has 0 aliphatic carbocycles. The van der Waals surface area contributed by atoms with Gasteiger partial charge in [-0.25, -0.2) is 19.5 Å². The number of anilines is 1. The van der Waals surface area contributed by atoms with Crippen LogP contribution in [0, 0.1) is 5.41 Å². The van der Waals surface area contributed by atoms with E-state index < -0.39 is 62.4 Å². The highest BCUT2D eigenvalue weighted by Gasteiger charge is 2.56. The van der Waals surface area contributed by atoms with E-state index in [1.165, 1.54) is 24.7 Å². The number of carboxylic acids is 1. The molecular formula is C24H39FN7O9P. The van der Waals surface area contributed by atoms with Crippen LogP contribution in [-0.4, -0.2) is 91.5 Å². The Labute approximate surface area is 242 Å². The molecule has 236 valence electrons. The van der Waals surface area contributed by atoms with Gasteiger partial charge < -0.3 is 34.7 Å². The molecule has 1 unspecified atom stereocenters. The number of hydrogen-bond donors (Lipinski definition) is 5. The van der Waals surface area contributed by atoms with E-state index >= 15 is 4.39 Å². The molecule has 2 aromatic rings. The van der Waals surface area contributed by atoms with Gasteiger partial charge in [-0.3, -0.25) is 18.7 Å². The molecule has 1 aliphatic rings. The molecule has 3 rings (SSSR count). The summed E-state index contributed by atoms with van der Waals surface area (Å²) in [6.45, 7) is 10.6. The van der Waals surface area contributed by atoms with Gasteiger partial charge in [0.2, 0.25) is 11.8 Å². The van der Waals surface area contributed by atoms with Crippen molar-refractivity contribution in [2.75, 3.05) is 25.6 Å². The first-order chi connectivity index (χ1) is 19.4. The van der Waals surface area contributed by atoms with Crippen molar-refractivity contribution >= 4 is 36.7 Å². The molecule has 3 heterocycles. The van der Waals surface area contributed by atoms with Crippen LogP contribution in [0.25, 0.3) is 11.2 Å². The summed E-state index contributed by atoms with van der Waals surface area (Å²) < 4.78 is 52.9. The highest BCUT2D eigenvalue weighted by Crippen LogP contribution is 2.45. The number of ether oxygens (including phenoxy) is 3. The van der Waals surface area contributed by atoms with Crippen molar-refractivity contribution in [3.8, 4) is 5.88 Å². The topological polar surface area (TPSA) is 222 Å². The lowest BCUT2D eigenvalue weighted by Crippen LogP contribution is -2.44. The van der Waals surface area contributed by atoms with Crippen molar-refractivity contribution in [1.29, 1.82) is 0 Å². The molecule has 1 fully saturated rings. The van der Waals surface area contributed by atoms with E-state index in [0.717, 1.165) is 6.92 Å². The van der Waals surface area contributed by atoms with Crippen LogP contribution >= 0.6 is 7.67 Å². The van der Waals surface area contributed by atoms with Gasteiger partial charge in [0.1, 0.15) is 24.3 Å². The third-order valence-electron chi connectivity index (χ3n) is 6.18. The molecule has 1 saturated heterocycles. The number of nitrogens with two attached hydrogens (primary N) is 1. The molecule has 42 heavy (non-hydrogen) atoms. The fourth-order valence-electron chi connectivity index (χ4n) is 3.99. The van der Waals surface area contributed by atoms with E-state index in [0.29, 0.717) is 0 Å². The van der Waals surface area contributed by atoms with E-state index in [4.69, 9.17) is 24.5 Å². The number of carboxylic acid groups (broad SMARTS) is 1. The largest absolute Gasteiger partial charge is 0.480 e. The second-order valence-corrected chi connectivity index (χ2v) is 13.2. The Morgan fingerprint density at radius 3 is 2.52 bits per heavy atom. The lowest BCUT2D eigenvalue weighted by molar-refractivity contribution is -0.148. The number of aliphatic hydroxyl groups is 1. The number of carbonyl (C=O) groups excluding carboxylic acids is 1. The number of aliphatic carboxylic acids is 1. The molecule has 0 radical (unpaired) electrons.